The summed E-state index contributed by atoms with van der Waals surface area (Å²) in [5, 5.41) is 7.34. The number of nitrogens with zero attached hydrogens (tertiary/aromatic N) is 3. The Hall–Kier alpha value is -3.39. The number of rotatable bonds is 9. The highest BCUT2D eigenvalue weighted by Crippen LogP contribution is 2.36. The van der Waals surface area contributed by atoms with E-state index in [9.17, 15) is 4.79 Å². The first-order chi connectivity index (χ1) is 15.4. The van der Waals surface area contributed by atoms with E-state index >= 15 is 0 Å². The third-order valence-electron chi connectivity index (χ3n) is 4.57. The maximum absolute atomic E-state index is 12.6. The fourth-order valence-corrected chi connectivity index (χ4v) is 3.31. The number of methoxy groups -OCH3 is 1. The first-order valence-corrected chi connectivity index (χ1v) is 10.5. The second kappa shape index (κ2) is 10.8. The van der Waals surface area contributed by atoms with E-state index in [0.717, 1.165) is 5.56 Å². The third-order valence-corrected chi connectivity index (χ3v) is 4.85. The number of benzene rings is 1. The van der Waals surface area contributed by atoms with Gasteiger partial charge in [0.2, 0.25) is 17.6 Å². The van der Waals surface area contributed by atoms with E-state index in [4.69, 9.17) is 25.6 Å². The number of carbonyl (C=O) groups is 1. The van der Waals surface area contributed by atoms with E-state index in [1.807, 2.05) is 20.8 Å². The van der Waals surface area contributed by atoms with Gasteiger partial charge in [0, 0.05) is 24.0 Å². The topological polar surface area (TPSA) is 99.4 Å². The first-order valence-electron chi connectivity index (χ1n) is 10.2. The van der Waals surface area contributed by atoms with Crippen LogP contribution in [0, 0.1) is 5.92 Å². The summed E-state index contributed by atoms with van der Waals surface area (Å²) in [5.74, 6) is 1.46. The number of ether oxygens (including phenoxy) is 2. The third kappa shape index (κ3) is 5.64. The van der Waals surface area contributed by atoms with Crippen LogP contribution < -0.4 is 14.8 Å². The summed E-state index contributed by atoms with van der Waals surface area (Å²) in [6.07, 6.45) is 6.38. The fourth-order valence-electron chi connectivity index (χ4n) is 3.01. The number of aromatic nitrogens is 3. The Morgan fingerprint density at radius 2 is 2.03 bits per heavy atom. The predicted molar refractivity (Wildman–Crippen MR) is 121 cm³/mol. The Balaban J connectivity index is 1.75. The van der Waals surface area contributed by atoms with Crippen LogP contribution in [0.1, 0.15) is 38.3 Å². The predicted octanol–water partition coefficient (Wildman–Crippen LogP) is 4.72. The van der Waals surface area contributed by atoms with Crippen LogP contribution in [0.15, 0.2) is 47.3 Å². The summed E-state index contributed by atoms with van der Waals surface area (Å²) in [4.78, 5) is 21.0. The molecule has 9 heteroatoms. The Morgan fingerprint density at radius 3 is 2.69 bits per heavy atom. The van der Waals surface area contributed by atoms with Crippen molar-refractivity contribution in [2.45, 2.75) is 26.8 Å². The van der Waals surface area contributed by atoms with Crippen molar-refractivity contribution in [2.75, 3.05) is 13.7 Å². The van der Waals surface area contributed by atoms with E-state index in [1.165, 1.54) is 13.2 Å². The number of halogens is 1. The highest BCUT2D eigenvalue weighted by molar-refractivity contribution is 6.32. The zero-order valence-corrected chi connectivity index (χ0v) is 19.1. The second-order valence-corrected chi connectivity index (χ2v) is 7.63. The molecule has 0 bridgehead atoms. The molecule has 32 heavy (non-hydrogen) atoms. The van der Waals surface area contributed by atoms with Crippen LogP contribution in [0.5, 0.6) is 11.5 Å². The molecule has 0 unspecified atom stereocenters. The monoisotopic (exact) mass is 456 g/mol. The summed E-state index contributed by atoms with van der Waals surface area (Å²) >= 11 is 6.27. The molecule has 0 spiro atoms. The van der Waals surface area contributed by atoms with Crippen LogP contribution in [0.2, 0.25) is 5.02 Å². The lowest BCUT2D eigenvalue weighted by atomic mass is 10.0. The molecule has 2 aromatic heterocycles. The average Bonchev–Trinajstić information content (AvgIpc) is 3.26. The molecular formula is C23H25ClN4O4. The van der Waals surface area contributed by atoms with Gasteiger partial charge in [-0.3, -0.25) is 9.78 Å². The van der Waals surface area contributed by atoms with Gasteiger partial charge in [-0.15, -0.1) is 0 Å². The van der Waals surface area contributed by atoms with Crippen molar-refractivity contribution in [2.24, 2.45) is 5.92 Å². The number of hydrogen-bond donors (Lipinski definition) is 1. The molecule has 0 fully saturated rings. The van der Waals surface area contributed by atoms with Gasteiger partial charge in [0.15, 0.2) is 11.5 Å². The van der Waals surface area contributed by atoms with Gasteiger partial charge >= 0.3 is 0 Å². The van der Waals surface area contributed by atoms with Crippen LogP contribution in [0.3, 0.4) is 0 Å². The molecule has 0 saturated carbocycles. The molecule has 1 aromatic carbocycles. The zero-order valence-electron chi connectivity index (χ0n) is 18.3. The quantitative estimate of drug-likeness (QED) is 0.465. The maximum atomic E-state index is 12.6. The van der Waals surface area contributed by atoms with Crippen molar-refractivity contribution in [1.82, 2.24) is 20.4 Å². The summed E-state index contributed by atoms with van der Waals surface area (Å²) in [6.45, 7) is 6.25. The van der Waals surface area contributed by atoms with Crippen molar-refractivity contribution in [3.63, 3.8) is 0 Å². The molecule has 0 aliphatic rings. The Kier molecular flexibility index (Phi) is 7.83. The van der Waals surface area contributed by atoms with Gasteiger partial charge < -0.3 is 19.3 Å². The summed E-state index contributed by atoms with van der Waals surface area (Å²) < 4.78 is 16.3. The minimum absolute atomic E-state index is 0.0260. The van der Waals surface area contributed by atoms with Crippen LogP contribution in [-0.2, 0) is 4.79 Å². The van der Waals surface area contributed by atoms with Gasteiger partial charge in [0.05, 0.1) is 18.7 Å². The van der Waals surface area contributed by atoms with Gasteiger partial charge in [0.1, 0.15) is 6.04 Å². The van der Waals surface area contributed by atoms with E-state index in [2.05, 4.69) is 20.4 Å². The Morgan fingerprint density at radius 1 is 1.28 bits per heavy atom. The highest BCUT2D eigenvalue weighted by Gasteiger charge is 2.24. The first kappa shape index (κ1) is 23.3. The number of hydrogen-bond acceptors (Lipinski definition) is 7. The largest absolute Gasteiger partial charge is 0.491 e. The molecule has 0 radical (unpaired) electrons. The van der Waals surface area contributed by atoms with Crippen LogP contribution in [0.4, 0.5) is 0 Å². The molecule has 168 valence electrons. The summed E-state index contributed by atoms with van der Waals surface area (Å²) in [6, 6.07) is 6.59. The molecule has 3 aromatic rings. The van der Waals surface area contributed by atoms with Gasteiger partial charge in [-0.1, -0.05) is 30.6 Å². The van der Waals surface area contributed by atoms with Crippen LogP contribution in [-0.4, -0.2) is 34.7 Å². The maximum Gasteiger partial charge on any atom is 0.249 e. The SMILES string of the molecule is CCOc1cc(/C=C/C(=O)N[C@H](c2nc(-c3ccncc3)no2)C(C)C)cc(Cl)c1OC. The number of amides is 1. The van der Waals surface area contributed by atoms with Gasteiger partial charge in [-0.05, 0) is 48.7 Å². The van der Waals surface area contributed by atoms with Crippen molar-refractivity contribution < 1.29 is 18.8 Å². The summed E-state index contributed by atoms with van der Waals surface area (Å²) in [5.41, 5.74) is 1.48. The smallest absolute Gasteiger partial charge is 0.249 e. The number of carbonyl (C=O) groups excluding carboxylic acids is 1. The van der Waals surface area contributed by atoms with Gasteiger partial charge in [-0.2, -0.15) is 4.98 Å². The van der Waals surface area contributed by atoms with E-state index < -0.39 is 6.04 Å². The molecule has 3 rings (SSSR count). The van der Waals surface area contributed by atoms with Crippen LogP contribution >= 0.6 is 11.6 Å². The van der Waals surface area contributed by atoms with Gasteiger partial charge in [0.25, 0.3) is 0 Å². The standard InChI is InChI=1S/C23H25ClN4O4/c1-5-31-18-13-15(12-17(24)21(18)30-4)6-7-19(29)26-20(14(2)3)23-27-22(28-32-23)16-8-10-25-11-9-16/h6-14,20H,5H2,1-4H3,(H,26,29)/b7-6+/t20-/m0/s1. The van der Waals surface area contributed by atoms with E-state index in [1.54, 1.807) is 42.7 Å². The molecule has 1 atom stereocenters. The molecule has 0 saturated heterocycles. The molecular weight excluding hydrogens is 432 g/mol. The molecule has 8 nitrogen and oxygen atoms in total. The fraction of sp³-hybridized carbons (Fsp3) is 0.304. The minimum Gasteiger partial charge on any atom is -0.491 e. The average molecular weight is 457 g/mol. The van der Waals surface area contributed by atoms with Crippen LogP contribution in [0.25, 0.3) is 17.5 Å². The lowest BCUT2D eigenvalue weighted by molar-refractivity contribution is -0.117. The zero-order chi connectivity index (χ0) is 23.1. The lowest BCUT2D eigenvalue weighted by Gasteiger charge is -2.17. The molecule has 1 amide bonds. The summed E-state index contributed by atoms with van der Waals surface area (Å²) in [7, 11) is 1.52. The Bertz CT molecular complexity index is 1080. The number of nitrogens with one attached hydrogen (secondary N) is 1. The normalized spacial score (nSPS) is 12.2. The van der Waals surface area contributed by atoms with Crippen molar-refractivity contribution in [3.05, 3.63) is 59.2 Å². The molecule has 2 heterocycles. The van der Waals surface area contributed by atoms with Gasteiger partial charge in [-0.25, -0.2) is 0 Å². The molecule has 0 aliphatic carbocycles. The highest BCUT2D eigenvalue weighted by atomic mass is 35.5. The second-order valence-electron chi connectivity index (χ2n) is 7.22. The Labute approximate surface area is 191 Å². The minimum atomic E-state index is -0.450. The van der Waals surface area contributed by atoms with E-state index in [-0.39, 0.29) is 11.8 Å². The van der Waals surface area contributed by atoms with E-state index in [0.29, 0.717) is 40.4 Å². The lowest BCUT2D eigenvalue weighted by Crippen LogP contribution is -2.30. The van der Waals surface area contributed by atoms with Crippen molar-refractivity contribution in [3.8, 4) is 22.9 Å². The molecule has 0 aliphatic heterocycles. The number of pyridine rings is 1. The van der Waals surface area contributed by atoms with Crippen molar-refractivity contribution >= 4 is 23.6 Å². The molecule has 1 N–H and O–H groups in total. The van der Waals surface area contributed by atoms with Crippen molar-refractivity contribution in [1.29, 1.82) is 0 Å².